The predicted molar refractivity (Wildman–Crippen MR) is 115 cm³/mol. The smallest absolute Gasteiger partial charge is 0.269 e. The second-order valence-corrected chi connectivity index (χ2v) is 8.46. The highest BCUT2D eigenvalue weighted by Gasteiger charge is 2.29. The normalized spacial score (nSPS) is 15.7. The van der Waals surface area contributed by atoms with Crippen LogP contribution in [0.2, 0.25) is 0 Å². The number of carbonyl (C=O) groups excluding carboxylic acids is 1. The molecule has 0 radical (unpaired) electrons. The Balaban J connectivity index is 1.40. The van der Waals surface area contributed by atoms with Crippen molar-refractivity contribution in [3.8, 4) is 0 Å². The van der Waals surface area contributed by atoms with Crippen molar-refractivity contribution in [3.63, 3.8) is 0 Å². The molecule has 10 heteroatoms. The molecule has 32 heavy (non-hydrogen) atoms. The van der Waals surface area contributed by atoms with Crippen LogP contribution in [0.5, 0.6) is 0 Å². The summed E-state index contributed by atoms with van der Waals surface area (Å²) in [5.74, 6) is 0.539. The van der Waals surface area contributed by atoms with Crippen LogP contribution in [0.15, 0.2) is 59.9 Å². The van der Waals surface area contributed by atoms with Crippen LogP contribution in [-0.4, -0.2) is 30.3 Å². The molecular weight excluding hydrogens is 433 g/mol. The van der Waals surface area contributed by atoms with Crippen molar-refractivity contribution in [2.45, 2.75) is 29.7 Å². The summed E-state index contributed by atoms with van der Waals surface area (Å²) in [4.78, 5) is 31.8. The lowest BCUT2D eigenvalue weighted by Gasteiger charge is -2.23. The third-order valence-corrected chi connectivity index (χ3v) is 6.38. The number of hydrogen-bond acceptors (Lipinski definition) is 7. The van der Waals surface area contributed by atoms with Crippen molar-refractivity contribution >= 4 is 29.0 Å². The molecule has 4 aromatic rings. The molecule has 0 saturated heterocycles. The first-order valence-corrected chi connectivity index (χ1v) is 10.9. The second kappa shape index (κ2) is 8.12. The maximum absolute atomic E-state index is 13.3. The van der Waals surface area contributed by atoms with Crippen LogP contribution in [0, 0.1) is 15.9 Å². The number of thioether (sulfide) groups is 1. The molecule has 2 aromatic carbocycles. The van der Waals surface area contributed by atoms with E-state index in [0.717, 1.165) is 16.8 Å². The van der Waals surface area contributed by atoms with Gasteiger partial charge in [0.2, 0.25) is 5.16 Å². The molecule has 0 bridgehead atoms. The SMILES string of the molecule is O=C1CC(c2ccc(F)cc2)Cc2c1cnc1nc(SCc3ccc([N+](=O)[O-])cc3)nn21. The zero-order valence-corrected chi connectivity index (χ0v) is 17.5. The molecule has 0 amide bonds. The van der Waals surface area contributed by atoms with Gasteiger partial charge in [0.05, 0.1) is 16.2 Å². The Labute approximate surface area is 185 Å². The van der Waals surface area contributed by atoms with Gasteiger partial charge in [0.1, 0.15) is 5.82 Å². The molecule has 1 atom stereocenters. The Morgan fingerprint density at radius 1 is 1.12 bits per heavy atom. The number of Topliss-reactive ketones (excluding diaryl/α,β-unsaturated/α-hetero) is 1. The minimum atomic E-state index is -0.435. The number of fused-ring (bicyclic) bond motifs is 3. The van der Waals surface area contributed by atoms with Gasteiger partial charge in [-0.2, -0.15) is 9.50 Å². The van der Waals surface area contributed by atoms with E-state index < -0.39 is 4.92 Å². The molecule has 0 saturated carbocycles. The van der Waals surface area contributed by atoms with Crippen molar-refractivity contribution in [1.82, 2.24) is 19.6 Å². The number of nitro benzene ring substituents is 1. The van der Waals surface area contributed by atoms with Gasteiger partial charge in [-0.3, -0.25) is 14.9 Å². The lowest BCUT2D eigenvalue weighted by Crippen LogP contribution is -2.22. The van der Waals surface area contributed by atoms with Gasteiger partial charge in [-0.05, 0) is 35.6 Å². The molecule has 2 heterocycles. The fourth-order valence-corrected chi connectivity index (χ4v) is 4.60. The summed E-state index contributed by atoms with van der Waals surface area (Å²) in [6, 6.07) is 12.6. The fourth-order valence-electron chi connectivity index (χ4n) is 3.82. The van der Waals surface area contributed by atoms with Crippen molar-refractivity contribution < 1.29 is 14.1 Å². The van der Waals surface area contributed by atoms with Crippen LogP contribution >= 0.6 is 11.8 Å². The molecular formula is C22H16FN5O3S. The Kier molecular flexibility index (Phi) is 5.14. The first-order valence-electron chi connectivity index (χ1n) is 9.87. The van der Waals surface area contributed by atoms with Gasteiger partial charge in [-0.1, -0.05) is 36.0 Å². The maximum Gasteiger partial charge on any atom is 0.269 e. The molecule has 0 fully saturated rings. The van der Waals surface area contributed by atoms with Crippen molar-refractivity contribution in [1.29, 1.82) is 0 Å². The summed E-state index contributed by atoms with van der Waals surface area (Å²) in [5, 5.41) is 15.8. The number of halogens is 1. The third kappa shape index (κ3) is 3.84. The highest BCUT2D eigenvalue weighted by atomic mass is 32.2. The summed E-state index contributed by atoms with van der Waals surface area (Å²) in [6.45, 7) is 0. The second-order valence-electron chi connectivity index (χ2n) is 7.52. The summed E-state index contributed by atoms with van der Waals surface area (Å²) >= 11 is 1.38. The number of non-ortho nitro benzene ring substituents is 1. The molecule has 0 spiro atoms. The van der Waals surface area contributed by atoms with Gasteiger partial charge < -0.3 is 0 Å². The Bertz CT molecular complexity index is 1340. The molecule has 0 N–H and O–H groups in total. The molecule has 160 valence electrons. The third-order valence-electron chi connectivity index (χ3n) is 5.47. The van der Waals surface area contributed by atoms with Crippen molar-refractivity contribution in [2.24, 2.45) is 0 Å². The summed E-state index contributed by atoms with van der Waals surface area (Å²) < 4.78 is 14.9. The average Bonchev–Trinajstić information content (AvgIpc) is 3.22. The van der Waals surface area contributed by atoms with Crippen LogP contribution in [0.4, 0.5) is 10.1 Å². The summed E-state index contributed by atoms with van der Waals surface area (Å²) in [7, 11) is 0. The van der Waals surface area contributed by atoms with Crippen LogP contribution in [-0.2, 0) is 12.2 Å². The molecule has 1 unspecified atom stereocenters. The van der Waals surface area contributed by atoms with Crippen LogP contribution in [0.25, 0.3) is 5.78 Å². The van der Waals surface area contributed by atoms with Gasteiger partial charge >= 0.3 is 0 Å². The standard InChI is InChI=1S/C22H16FN5O3S/c23-16-5-3-14(4-6-16)15-9-19-18(20(29)10-15)11-24-21-25-22(26-27(19)21)32-12-13-1-7-17(8-2-13)28(30)31/h1-8,11,15H,9-10,12H2. The number of nitrogens with zero attached hydrogens (tertiary/aromatic N) is 5. The zero-order valence-electron chi connectivity index (χ0n) is 16.6. The van der Waals surface area contributed by atoms with E-state index in [4.69, 9.17) is 0 Å². The zero-order chi connectivity index (χ0) is 22.2. The number of ketones is 1. The first kappa shape index (κ1) is 20.3. The number of rotatable bonds is 5. The van der Waals surface area contributed by atoms with Crippen LogP contribution in [0.1, 0.15) is 39.5 Å². The Morgan fingerprint density at radius 2 is 1.88 bits per heavy atom. The Morgan fingerprint density at radius 3 is 2.59 bits per heavy atom. The van der Waals surface area contributed by atoms with E-state index in [2.05, 4.69) is 15.1 Å². The highest BCUT2D eigenvalue weighted by Crippen LogP contribution is 2.33. The number of carbonyl (C=O) groups is 1. The fraction of sp³-hybridized carbons (Fsp3) is 0.182. The van der Waals surface area contributed by atoms with Crippen molar-refractivity contribution in [3.05, 3.63) is 93.0 Å². The molecule has 1 aliphatic carbocycles. The van der Waals surface area contributed by atoms with Gasteiger partial charge in [0, 0.05) is 30.5 Å². The molecule has 5 rings (SSSR count). The van der Waals surface area contributed by atoms with Crippen molar-refractivity contribution in [2.75, 3.05) is 0 Å². The minimum absolute atomic E-state index is 0.0226. The van der Waals surface area contributed by atoms with Crippen LogP contribution < -0.4 is 0 Å². The van der Waals surface area contributed by atoms with Gasteiger partial charge in [-0.15, -0.1) is 5.10 Å². The van der Waals surface area contributed by atoms with E-state index in [1.165, 1.54) is 36.0 Å². The summed E-state index contributed by atoms with van der Waals surface area (Å²) in [5.41, 5.74) is 3.13. The number of nitro groups is 1. The van der Waals surface area contributed by atoms with Gasteiger partial charge in [0.15, 0.2) is 5.78 Å². The molecule has 2 aromatic heterocycles. The van der Waals surface area contributed by atoms with Gasteiger partial charge in [0.25, 0.3) is 11.5 Å². The van der Waals surface area contributed by atoms with E-state index in [0.29, 0.717) is 35.1 Å². The quantitative estimate of drug-likeness (QED) is 0.253. The molecule has 8 nitrogen and oxygen atoms in total. The van der Waals surface area contributed by atoms with Gasteiger partial charge in [-0.25, -0.2) is 9.37 Å². The predicted octanol–water partition coefficient (Wildman–Crippen LogP) is 4.38. The highest BCUT2D eigenvalue weighted by molar-refractivity contribution is 7.98. The lowest BCUT2D eigenvalue weighted by molar-refractivity contribution is -0.384. The lowest BCUT2D eigenvalue weighted by atomic mass is 9.82. The first-order chi connectivity index (χ1) is 15.5. The number of benzene rings is 2. The van der Waals surface area contributed by atoms with E-state index in [1.807, 2.05) is 0 Å². The maximum atomic E-state index is 13.3. The van der Waals surface area contributed by atoms with E-state index >= 15 is 0 Å². The van der Waals surface area contributed by atoms with Crippen LogP contribution in [0.3, 0.4) is 0 Å². The summed E-state index contributed by atoms with van der Waals surface area (Å²) in [6.07, 6.45) is 2.46. The number of aromatic nitrogens is 4. The Hall–Kier alpha value is -3.66. The van der Waals surface area contributed by atoms with E-state index in [-0.39, 0.29) is 23.2 Å². The minimum Gasteiger partial charge on any atom is -0.294 e. The molecule has 1 aliphatic rings. The monoisotopic (exact) mass is 449 g/mol. The largest absolute Gasteiger partial charge is 0.294 e. The molecule has 0 aliphatic heterocycles. The topological polar surface area (TPSA) is 103 Å². The average molecular weight is 449 g/mol. The van der Waals surface area contributed by atoms with E-state index in [1.54, 1.807) is 35.0 Å². The van der Waals surface area contributed by atoms with E-state index in [9.17, 15) is 19.3 Å². The number of hydrogen-bond donors (Lipinski definition) is 0.